The largest absolute Gasteiger partial charge is 0.378 e. The minimum atomic E-state index is 0.853. The first-order chi connectivity index (χ1) is 8.90. The molecule has 18 heavy (non-hydrogen) atoms. The van der Waals surface area contributed by atoms with Crippen LogP contribution in [0.1, 0.15) is 18.4 Å². The Labute approximate surface area is 110 Å². The Bertz CT molecular complexity index is 331. The number of nitrogens with zero attached hydrogens (tertiary/aromatic N) is 1. The number of unbranched alkanes of at least 4 members (excludes halogenated alkanes) is 1. The van der Waals surface area contributed by atoms with Gasteiger partial charge < -0.3 is 15.0 Å². The van der Waals surface area contributed by atoms with Crippen LogP contribution in [0.5, 0.6) is 0 Å². The molecule has 1 aliphatic rings. The fraction of sp³-hybridized carbons (Fsp3) is 0.600. The zero-order valence-corrected chi connectivity index (χ0v) is 11.3. The zero-order valence-electron chi connectivity index (χ0n) is 11.3. The van der Waals surface area contributed by atoms with Crippen molar-refractivity contribution >= 4 is 5.69 Å². The molecule has 0 unspecified atom stereocenters. The van der Waals surface area contributed by atoms with E-state index in [1.54, 1.807) is 0 Å². The Balaban J connectivity index is 1.81. The summed E-state index contributed by atoms with van der Waals surface area (Å²) in [5.74, 6) is 0. The van der Waals surface area contributed by atoms with E-state index in [-0.39, 0.29) is 0 Å². The van der Waals surface area contributed by atoms with Crippen LogP contribution >= 0.6 is 0 Å². The van der Waals surface area contributed by atoms with E-state index < -0.39 is 0 Å². The van der Waals surface area contributed by atoms with Crippen molar-refractivity contribution in [2.24, 2.45) is 0 Å². The standard InChI is InChI=1S/C15H24N2O/c1-16-9-3-2-4-14-5-7-15(8-6-14)17-10-12-18-13-11-17/h5-8,16H,2-4,9-13H2,1H3. The molecular formula is C15H24N2O. The summed E-state index contributed by atoms with van der Waals surface area (Å²) >= 11 is 0. The van der Waals surface area contributed by atoms with Crippen LogP contribution in [0.2, 0.25) is 0 Å². The number of hydrogen-bond donors (Lipinski definition) is 1. The molecular weight excluding hydrogens is 224 g/mol. The van der Waals surface area contributed by atoms with Gasteiger partial charge in [0.25, 0.3) is 0 Å². The van der Waals surface area contributed by atoms with Crippen molar-refractivity contribution in [3.63, 3.8) is 0 Å². The van der Waals surface area contributed by atoms with Crippen LogP contribution in [0.3, 0.4) is 0 Å². The van der Waals surface area contributed by atoms with E-state index in [9.17, 15) is 0 Å². The van der Waals surface area contributed by atoms with Crippen LogP contribution in [-0.4, -0.2) is 39.9 Å². The first-order valence-corrected chi connectivity index (χ1v) is 6.96. The fourth-order valence-corrected chi connectivity index (χ4v) is 2.33. The van der Waals surface area contributed by atoms with Crippen molar-refractivity contribution in [3.8, 4) is 0 Å². The summed E-state index contributed by atoms with van der Waals surface area (Å²) < 4.78 is 5.37. The maximum absolute atomic E-state index is 5.37. The van der Waals surface area contributed by atoms with Gasteiger partial charge in [-0.15, -0.1) is 0 Å². The van der Waals surface area contributed by atoms with E-state index in [4.69, 9.17) is 4.74 Å². The molecule has 2 rings (SSSR count). The molecule has 0 aromatic heterocycles. The molecule has 0 spiro atoms. The average Bonchev–Trinajstić information content (AvgIpc) is 2.45. The van der Waals surface area contributed by atoms with E-state index >= 15 is 0 Å². The van der Waals surface area contributed by atoms with Crippen LogP contribution in [-0.2, 0) is 11.2 Å². The summed E-state index contributed by atoms with van der Waals surface area (Å²) in [4.78, 5) is 2.40. The van der Waals surface area contributed by atoms with Crippen LogP contribution in [0.25, 0.3) is 0 Å². The van der Waals surface area contributed by atoms with Gasteiger partial charge in [0, 0.05) is 18.8 Å². The van der Waals surface area contributed by atoms with E-state index in [1.807, 2.05) is 7.05 Å². The van der Waals surface area contributed by atoms with Crippen molar-refractivity contribution in [2.75, 3.05) is 44.8 Å². The lowest BCUT2D eigenvalue weighted by atomic mass is 10.1. The third kappa shape index (κ3) is 4.00. The van der Waals surface area contributed by atoms with Gasteiger partial charge in [-0.25, -0.2) is 0 Å². The van der Waals surface area contributed by atoms with Gasteiger partial charge in [0.15, 0.2) is 0 Å². The lowest BCUT2D eigenvalue weighted by Crippen LogP contribution is -2.36. The highest BCUT2D eigenvalue weighted by molar-refractivity contribution is 5.47. The second-order valence-electron chi connectivity index (χ2n) is 4.83. The molecule has 1 aromatic rings. The third-order valence-electron chi connectivity index (χ3n) is 3.45. The van der Waals surface area contributed by atoms with Gasteiger partial charge in [-0.05, 0) is 50.6 Å². The highest BCUT2D eigenvalue weighted by Crippen LogP contribution is 2.17. The van der Waals surface area contributed by atoms with E-state index in [0.29, 0.717) is 0 Å². The lowest BCUT2D eigenvalue weighted by molar-refractivity contribution is 0.122. The summed E-state index contributed by atoms with van der Waals surface area (Å²) in [7, 11) is 2.01. The molecule has 3 heteroatoms. The van der Waals surface area contributed by atoms with Crippen LogP contribution in [0.15, 0.2) is 24.3 Å². The van der Waals surface area contributed by atoms with Crippen LogP contribution < -0.4 is 10.2 Å². The zero-order chi connectivity index (χ0) is 12.6. The second kappa shape index (κ2) is 7.39. The predicted molar refractivity (Wildman–Crippen MR) is 76.3 cm³/mol. The van der Waals surface area contributed by atoms with Gasteiger partial charge in [0.1, 0.15) is 0 Å². The second-order valence-corrected chi connectivity index (χ2v) is 4.83. The summed E-state index contributed by atoms with van der Waals surface area (Å²) in [6, 6.07) is 9.03. The molecule has 0 atom stereocenters. The maximum Gasteiger partial charge on any atom is 0.0642 e. The number of ether oxygens (including phenoxy) is 1. The molecule has 0 saturated carbocycles. The van der Waals surface area contributed by atoms with Gasteiger partial charge in [-0.3, -0.25) is 0 Å². The van der Waals surface area contributed by atoms with Crippen LogP contribution in [0, 0.1) is 0 Å². The molecule has 1 aliphatic heterocycles. The Hall–Kier alpha value is -1.06. The summed E-state index contributed by atoms with van der Waals surface area (Å²) in [6.07, 6.45) is 3.70. The first kappa shape index (κ1) is 13.4. The molecule has 1 saturated heterocycles. The highest BCUT2D eigenvalue weighted by atomic mass is 16.5. The SMILES string of the molecule is CNCCCCc1ccc(N2CCOCC2)cc1. The average molecular weight is 248 g/mol. The van der Waals surface area contributed by atoms with Crippen molar-refractivity contribution in [3.05, 3.63) is 29.8 Å². The lowest BCUT2D eigenvalue weighted by Gasteiger charge is -2.28. The molecule has 1 aromatic carbocycles. The monoisotopic (exact) mass is 248 g/mol. The first-order valence-electron chi connectivity index (χ1n) is 6.96. The van der Waals surface area contributed by atoms with E-state index in [0.717, 1.165) is 32.8 Å². The number of nitrogens with one attached hydrogen (secondary N) is 1. The molecule has 1 N–H and O–H groups in total. The molecule has 0 radical (unpaired) electrons. The van der Waals surface area contributed by atoms with Gasteiger partial charge in [-0.2, -0.15) is 0 Å². The molecule has 0 bridgehead atoms. The van der Waals surface area contributed by atoms with Gasteiger partial charge in [0.05, 0.1) is 13.2 Å². The van der Waals surface area contributed by atoms with E-state index in [1.165, 1.54) is 30.5 Å². The maximum atomic E-state index is 5.37. The molecule has 100 valence electrons. The Morgan fingerprint density at radius 1 is 1.11 bits per heavy atom. The van der Waals surface area contributed by atoms with Crippen LogP contribution in [0.4, 0.5) is 5.69 Å². The Kier molecular flexibility index (Phi) is 5.49. The van der Waals surface area contributed by atoms with Gasteiger partial charge >= 0.3 is 0 Å². The minimum absolute atomic E-state index is 0.853. The Morgan fingerprint density at radius 2 is 1.83 bits per heavy atom. The smallest absolute Gasteiger partial charge is 0.0642 e. The van der Waals surface area contributed by atoms with Crippen molar-refractivity contribution < 1.29 is 4.74 Å². The molecule has 3 nitrogen and oxygen atoms in total. The third-order valence-corrected chi connectivity index (χ3v) is 3.45. The number of rotatable bonds is 6. The molecule has 1 heterocycles. The molecule has 0 aliphatic carbocycles. The molecule has 1 fully saturated rings. The Morgan fingerprint density at radius 3 is 2.50 bits per heavy atom. The normalized spacial score (nSPS) is 15.9. The number of aryl methyl sites for hydroxylation is 1. The minimum Gasteiger partial charge on any atom is -0.378 e. The number of anilines is 1. The predicted octanol–water partition coefficient (Wildman–Crippen LogP) is 2.07. The number of benzene rings is 1. The summed E-state index contributed by atoms with van der Waals surface area (Å²) in [6.45, 7) is 4.85. The summed E-state index contributed by atoms with van der Waals surface area (Å²) in [5, 5.41) is 3.19. The van der Waals surface area contributed by atoms with Gasteiger partial charge in [-0.1, -0.05) is 12.1 Å². The number of hydrogen-bond acceptors (Lipinski definition) is 3. The fourth-order valence-electron chi connectivity index (χ4n) is 2.33. The van der Waals surface area contributed by atoms with E-state index in [2.05, 4.69) is 34.5 Å². The number of morpholine rings is 1. The highest BCUT2D eigenvalue weighted by Gasteiger charge is 2.10. The van der Waals surface area contributed by atoms with Crippen molar-refractivity contribution in [2.45, 2.75) is 19.3 Å². The summed E-state index contributed by atoms with van der Waals surface area (Å²) in [5.41, 5.74) is 2.78. The van der Waals surface area contributed by atoms with Crippen molar-refractivity contribution in [1.29, 1.82) is 0 Å². The topological polar surface area (TPSA) is 24.5 Å². The van der Waals surface area contributed by atoms with Crippen molar-refractivity contribution in [1.82, 2.24) is 5.32 Å². The van der Waals surface area contributed by atoms with Gasteiger partial charge in [0.2, 0.25) is 0 Å². The quantitative estimate of drug-likeness (QED) is 0.780. The molecule has 0 amide bonds.